The summed E-state index contributed by atoms with van der Waals surface area (Å²) in [5.74, 6) is 2.19. The highest BCUT2D eigenvalue weighted by atomic mass is 35.5. The van der Waals surface area contributed by atoms with Gasteiger partial charge in [0, 0.05) is 37.3 Å². The smallest absolute Gasteiger partial charge is 0.245 e. The van der Waals surface area contributed by atoms with Crippen molar-refractivity contribution in [3.63, 3.8) is 0 Å². The lowest BCUT2D eigenvalue weighted by molar-refractivity contribution is 0.368. The van der Waals surface area contributed by atoms with Crippen molar-refractivity contribution in [2.24, 2.45) is 7.05 Å². The molecule has 4 aromatic rings. The number of methoxy groups -OCH3 is 2. The Morgan fingerprint density at radius 2 is 1.79 bits per heavy atom. The predicted molar refractivity (Wildman–Crippen MR) is 124 cm³/mol. The van der Waals surface area contributed by atoms with Crippen molar-refractivity contribution in [2.45, 2.75) is 18.6 Å². The highest BCUT2D eigenvalue weighted by molar-refractivity contribution is 8.01. The topological polar surface area (TPSA) is 131 Å². The molecule has 4 heterocycles. The van der Waals surface area contributed by atoms with Gasteiger partial charge in [0.05, 0.1) is 19.2 Å². The van der Waals surface area contributed by atoms with Crippen LogP contribution in [0.5, 0.6) is 11.8 Å². The summed E-state index contributed by atoms with van der Waals surface area (Å²) in [5.41, 5.74) is 1.06. The van der Waals surface area contributed by atoms with Crippen molar-refractivity contribution in [3.05, 3.63) is 41.8 Å². The molecule has 172 valence electrons. The summed E-state index contributed by atoms with van der Waals surface area (Å²) in [6.07, 6.45) is 6.97. The van der Waals surface area contributed by atoms with Gasteiger partial charge in [-0.3, -0.25) is 9.40 Å². The maximum absolute atomic E-state index is 5.87. The van der Waals surface area contributed by atoms with Gasteiger partial charge in [0.15, 0.2) is 11.5 Å². The maximum Gasteiger partial charge on any atom is 0.245 e. The molecule has 0 aliphatic carbocycles. The van der Waals surface area contributed by atoms with Crippen molar-refractivity contribution in [1.29, 1.82) is 0 Å². The minimum Gasteiger partial charge on any atom is -0.479 e. The molecule has 0 saturated carbocycles. The van der Waals surface area contributed by atoms with Gasteiger partial charge in [-0.2, -0.15) is 15.1 Å². The lowest BCUT2D eigenvalue weighted by Crippen LogP contribution is -2.12. The van der Waals surface area contributed by atoms with Crippen LogP contribution in [0.1, 0.15) is 12.7 Å². The number of rotatable bonds is 9. The Hall–Kier alpha value is -3.45. The van der Waals surface area contributed by atoms with Crippen molar-refractivity contribution in [2.75, 3.05) is 18.9 Å². The third-order valence-corrected chi connectivity index (χ3v) is 5.53. The molecule has 1 N–H and O–H groups in total. The molecule has 0 spiro atoms. The molecule has 4 aromatic heterocycles. The monoisotopic (exact) mass is 488 g/mol. The zero-order valence-corrected chi connectivity index (χ0v) is 19.9. The first-order valence-corrected chi connectivity index (χ1v) is 11.0. The Labute approximate surface area is 198 Å². The fourth-order valence-corrected chi connectivity index (χ4v) is 3.77. The molecule has 4 rings (SSSR count). The van der Waals surface area contributed by atoms with E-state index in [0.717, 1.165) is 0 Å². The number of hydrogen-bond acceptors (Lipinski definition) is 11. The largest absolute Gasteiger partial charge is 0.479 e. The van der Waals surface area contributed by atoms with Crippen LogP contribution in [-0.2, 0) is 13.5 Å². The van der Waals surface area contributed by atoms with Crippen LogP contribution in [0.4, 0.5) is 5.95 Å². The van der Waals surface area contributed by atoms with Gasteiger partial charge in [0.1, 0.15) is 17.8 Å². The number of nitrogens with one attached hydrogen (secondary N) is 1. The second-order valence-electron chi connectivity index (χ2n) is 6.85. The van der Waals surface area contributed by atoms with Gasteiger partial charge < -0.3 is 9.47 Å². The summed E-state index contributed by atoms with van der Waals surface area (Å²) in [6, 6.07) is 1.83. The second-order valence-corrected chi connectivity index (χ2v) is 8.53. The summed E-state index contributed by atoms with van der Waals surface area (Å²) in [7, 11) is 4.87. The number of halogens is 1. The van der Waals surface area contributed by atoms with Crippen LogP contribution in [0.15, 0.2) is 31.0 Å². The van der Waals surface area contributed by atoms with Crippen molar-refractivity contribution in [1.82, 2.24) is 44.5 Å². The lowest BCUT2D eigenvalue weighted by Gasteiger charge is -2.16. The molecule has 14 heteroatoms. The van der Waals surface area contributed by atoms with Gasteiger partial charge in [-0.25, -0.2) is 14.5 Å². The minimum absolute atomic E-state index is 0.102. The fraction of sp³-hybridized carbons (Fsp3) is 0.316. The SMILES string of the molecule is COc1ncnc(OC)c1-n1c(NSC(C)Cc2ncc(Cl)cn2)nnc1-c1ccn(C)n1. The van der Waals surface area contributed by atoms with Crippen molar-refractivity contribution in [3.8, 4) is 29.0 Å². The van der Waals surface area contributed by atoms with Crippen LogP contribution < -0.4 is 14.2 Å². The average molecular weight is 489 g/mol. The predicted octanol–water partition coefficient (Wildman–Crippen LogP) is 2.61. The molecule has 1 unspecified atom stereocenters. The molecular formula is C19H21ClN10O2S. The van der Waals surface area contributed by atoms with E-state index in [1.807, 2.05) is 26.2 Å². The van der Waals surface area contributed by atoms with E-state index < -0.39 is 0 Å². The molecular weight excluding hydrogens is 468 g/mol. The van der Waals surface area contributed by atoms with E-state index >= 15 is 0 Å². The quantitative estimate of drug-likeness (QED) is 0.349. The average Bonchev–Trinajstić information content (AvgIpc) is 3.44. The van der Waals surface area contributed by atoms with Crippen LogP contribution in [-0.4, -0.2) is 64.0 Å². The minimum atomic E-state index is 0.102. The van der Waals surface area contributed by atoms with Crippen LogP contribution in [0, 0.1) is 0 Å². The third kappa shape index (κ3) is 4.98. The zero-order valence-electron chi connectivity index (χ0n) is 18.3. The Morgan fingerprint density at radius 1 is 1.09 bits per heavy atom. The summed E-state index contributed by atoms with van der Waals surface area (Å²) in [5, 5.41) is 13.8. The maximum atomic E-state index is 5.87. The zero-order chi connectivity index (χ0) is 23.4. The van der Waals surface area contributed by atoms with E-state index in [9.17, 15) is 0 Å². The highest BCUT2D eigenvalue weighted by Gasteiger charge is 2.25. The Morgan fingerprint density at radius 3 is 2.39 bits per heavy atom. The van der Waals surface area contributed by atoms with Crippen LogP contribution >= 0.6 is 23.5 Å². The Kier molecular flexibility index (Phi) is 6.89. The molecule has 0 fully saturated rings. The molecule has 0 aliphatic heterocycles. The van der Waals surface area contributed by atoms with E-state index in [1.54, 1.807) is 21.6 Å². The van der Waals surface area contributed by atoms with E-state index in [4.69, 9.17) is 21.1 Å². The first kappa shape index (κ1) is 22.7. The van der Waals surface area contributed by atoms with Crippen LogP contribution in [0.2, 0.25) is 5.02 Å². The normalized spacial score (nSPS) is 11.9. The van der Waals surface area contributed by atoms with Crippen molar-refractivity contribution < 1.29 is 9.47 Å². The summed E-state index contributed by atoms with van der Waals surface area (Å²) >= 11 is 7.31. The highest BCUT2D eigenvalue weighted by Crippen LogP contribution is 2.35. The molecule has 33 heavy (non-hydrogen) atoms. The molecule has 0 saturated heterocycles. The number of ether oxygens (including phenoxy) is 2. The number of anilines is 1. The molecule has 0 aromatic carbocycles. The Balaban J connectivity index is 1.68. The van der Waals surface area contributed by atoms with Gasteiger partial charge >= 0.3 is 0 Å². The fourth-order valence-electron chi connectivity index (χ4n) is 3.00. The van der Waals surface area contributed by atoms with Crippen LogP contribution in [0.3, 0.4) is 0 Å². The van der Waals surface area contributed by atoms with Gasteiger partial charge in [-0.15, -0.1) is 10.2 Å². The van der Waals surface area contributed by atoms with Crippen LogP contribution in [0.25, 0.3) is 17.2 Å². The van der Waals surface area contributed by atoms with Gasteiger partial charge in [-0.05, 0) is 18.0 Å². The molecule has 0 bridgehead atoms. The van der Waals surface area contributed by atoms with Gasteiger partial charge in [-0.1, -0.05) is 18.5 Å². The second kappa shape index (κ2) is 10.0. The molecule has 1 atom stereocenters. The molecule has 0 amide bonds. The molecule has 12 nitrogen and oxygen atoms in total. The number of nitrogens with zero attached hydrogens (tertiary/aromatic N) is 9. The summed E-state index contributed by atoms with van der Waals surface area (Å²) < 4.78 is 17.6. The molecule has 0 aliphatic rings. The standard InChI is InChI=1S/C19H21ClN10O2S/c1-11(7-14-21-8-12(20)9-22-14)33-28-19-26-25-16(13-5-6-29(2)27-13)30(19)15-17(31-3)23-10-24-18(15)32-4/h5-6,8-11H,7H2,1-4H3,(H,26,28). The van der Waals surface area contributed by atoms with E-state index in [1.165, 1.54) is 32.5 Å². The van der Waals surface area contributed by atoms with E-state index in [2.05, 4.69) is 40.0 Å². The lowest BCUT2D eigenvalue weighted by atomic mass is 10.3. The Bertz CT molecular complexity index is 1210. The number of hydrogen-bond donors (Lipinski definition) is 1. The van der Waals surface area contributed by atoms with Gasteiger partial charge in [0.25, 0.3) is 0 Å². The first-order valence-electron chi connectivity index (χ1n) is 9.77. The summed E-state index contributed by atoms with van der Waals surface area (Å²) in [4.78, 5) is 17.0. The third-order valence-electron chi connectivity index (χ3n) is 4.47. The first-order chi connectivity index (χ1) is 16.0. The van der Waals surface area contributed by atoms with E-state index in [-0.39, 0.29) is 5.25 Å². The summed E-state index contributed by atoms with van der Waals surface area (Å²) in [6.45, 7) is 2.04. The number of aromatic nitrogens is 9. The number of aryl methyl sites for hydroxylation is 1. The molecule has 0 radical (unpaired) electrons. The van der Waals surface area contributed by atoms with Gasteiger partial charge in [0.2, 0.25) is 17.7 Å². The van der Waals surface area contributed by atoms with Crippen molar-refractivity contribution >= 4 is 29.5 Å². The van der Waals surface area contributed by atoms with E-state index in [0.29, 0.717) is 52.2 Å².